The first-order valence-corrected chi connectivity index (χ1v) is 11.6. The van der Waals surface area contributed by atoms with E-state index in [0.29, 0.717) is 47.2 Å². The molecule has 172 valence electrons. The number of benzene rings is 3. The van der Waals surface area contributed by atoms with Crippen molar-refractivity contribution < 1.29 is 24.1 Å². The molecule has 8 heteroatoms. The second-order valence-electron chi connectivity index (χ2n) is 7.41. The molecule has 1 aliphatic heterocycles. The highest BCUT2D eigenvalue weighted by Crippen LogP contribution is 2.49. The first kappa shape index (κ1) is 23.1. The molecule has 0 fully saturated rings. The Bertz CT molecular complexity index is 1200. The van der Waals surface area contributed by atoms with Crippen LogP contribution >= 0.6 is 23.4 Å². The van der Waals surface area contributed by atoms with Crippen LogP contribution in [0.3, 0.4) is 0 Å². The molecular weight excluding hydrogens is 462 g/mol. The Kier molecular flexibility index (Phi) is 6.91. The average molecular weight is 486 g/mol. The lowest BCUT2D eigenvalue weighted by atomic mass is 9.99. The van der Waals surface area contributed by atoms with Gasteiger partial charge in [-0.05, 0) is 49.2 Å². The van der Waals surface area contributed by atoms with Gasteiger partial charge in [0.2, 0.25) is 5.75 Å². The normalized spacial score (nSPS) is 12.1. The van der Waals surface area contributed by atoms with Crippen molar-refractivity contribution in [3.8, 4) is 17.2 Å². The fraction of sp³-hybridized carbons (Fsp3) is 0.240. The van der Waals surface area contributed by atoms with Crippen LogP contribution in [0.25, 0.3) is 0 Å². The van der Waals surface area contributed by atoms with Crippen LogP contribution < -0.4 is 19.1 Å². The average Bonchev–Trinajstić information content (AvgIpc) is 2.82. The summed E-state index contributed by atoms with van der Waals surface area (Å²) in [5.74, 6) is 0.0475. The Balaban J connectivity index is 1.67. The zero-order valence-corrected chi connectivity index (χ0v) is 20.1. The number of nitrogens with zero attached hydrogens (tertiary/aromatic N) is 1. The second-order valence-corrected chi connectivity index (χ2v) is 8.93. The van der Waals surface area contributed by atoms with Gasteiger partial charge in [-0.25, -0.2) is 4.79 Å². The van der Waals surface area contributed by atoms with Crippen molar-refractivity contribution in [3.05, 3.63) is 64.7 Å². The summed E-state index contributed by atoms with van der Waals surface area (Å²) in [5, 5.41) is 10.5. The van der Waals surface area contributed by atoms with Crippen molar-refractivity contribution in [1.29, 1.82) is 0 Å². The number of carboxylic acid groups (broad SMARTS) is 1. The number of halogens is 1. The number of ether oxygens (including phenoxy) is 3. The molecule has 0 saturated heterocycles. The van der Waals surface area contributed by atoms with E-state index in [1.807, 2.05) is 30.3 Å². The minimum Gasteiger partial charge on any atom is -0.493 e. The Hall–Kier alpha value is -3.03. The summed E-state index contributed by atoms with van der Waals surface area (Å²) in [6.45, 7) is 0.668. The zero-order valence-electron chi connectivity index (χ0n) is 18.6. The molecule has 3 aromatic rings. The summed E-state index contributed by atoms with van der Waals surface area (Å²) in [6, 6.07) is 15.6. The van der Waals surface area contributed by atoms with E-state index in [1.54, 1.807) is 11.8 Å². The van der Waals surface area contributed by atoms with Crippen molar-refractivity contribution in [2.45, 2.75) is 22.6 Å². The molecule has 1 aliphatic rings. The third kappa shape index (κ3) is 4.43. The Morgan fingerprint density at radius 3 is 2.39 bits per heavy atom. The zero-order chi connectivity index (χ0) is 23.5. The molecule has 0 radical (unpaired) electrons. The lowest BCUT2D eigenvalue weighted by molar-refractivity contribution is 0.0694. The standard InChI is InChI=1S/C25H24ClNO5S/c1-30-20-14-17(25(28)29)16(23(31-2)24(20)32-3)7-6-12-27-18-8-4-5-9-21(18)33-22-11-10-15(26)13-19(22)27/h4-5,8-11,13-14H,6-7,12H2,1-3H3,(H,28,29). The van der Waals surface area contributed by atoms with Gasteiger partial charge < -0.3 is 24.2 Å². The van der Waals surface area contributed by atoms with Crippen molar-refractivity contribution >= 4 is 40.7 Å². The van der Waals surface area contributed by atoms with Gasteiger partial charge in [-0.2, -0.15) is 0 Å². The van der Waals surface area contributed by atoms with E-state index in [2.05, 4.69) is 17.0 Å². The van der Waals surface area contributed by atoms with E-state index in [-0.39, 0.29) is 5.56 Å². The predicted octanol–water partition coefficient (Wildman–Crippen LogP) is 6.30. The molecule has 0 atom stereocenters. The number of carboxylic acids is 1. The molecule has 33 heavy (non-hydrogen) atoms. The van der Waals surface area contributed by atoms with Crippen LogP contribution in [0, 0.1) is 0 Å². The highest BCUT2D eigenvalue weighted by Gasteiger charge is 2.26. The van der Waals surface area contributed by atoms with Gasteiger partial charge in [0.25, 0.3) is 0 Å². The summed E-state index contributed by atoms with van der Waals surface area (Å²) >= 11 is 8.03. The summed E-state index contributed by atoms with van der Waals surface area (Å²) in [7, 11) is 4.48. The van der Waals surface area contributed by atoms with Gasteiger partial charge in [0.15, 0.2) is 11.5 Å². The van der Waals surface area contributed by atoms with Crippen molar-refractivity contribution in [2.75, 3.05) is 32.8 Å². The minimum atomic E-state index is -1.04. The van der Waals surface area contributed by atoms with Gasteiger partial charge in [-0.1, -0.05) is 35.5 Å². The lowest BCUT2D eigenvalue weighted by Gasteiger charge is -2.33. The van der Waals surface area contributed by atoms with Gasteiger partial charge in [0, 0.05) is 26.9 Å². The van der Waals surface area contributed by atoms with Gasteiger partial charge in [0.1, 0.15) is 0 Å². The Morgan fingerprint density at radius 1 is 0.970 bits per heavy atom. The molecule has 3 aromatic carbocycles. The number of fused-ring (bicyclic) bond motifs is 2. The first-order valence-electron chi connectivity index (χ1n) is 10.4. The van der Waals surface area contributed by atoms with E-state index in [0.717, 1.165) is 16.3 Å². The highest BCUT2D eigenvalue weighted by molar-refractivity contribution is 7.99. The smallest absolute Gasteiger partial charge is 0.336 e. The van der Waals surface area contributed by atoms with E-state index < -0.39 is 5.97 Å². The second kappa shape index (κ2) is 9.85. The fourth-order valence-corrected chi connectivity index (χ4v) is 5.35. The molecule has 0 spiro atoms. The maximum atomic E-state index is 12.0. The van der Waals surface area contributed by atoms with Crippen LogP contribution in [0.5, 0.6) is 17.2 Å². The molecular formula is C25H24ClNO5S. The van der Waals surface area contributed by atoms with Crippen molar-refractivity contribution in [2.24, 2.45) is 0 Å². The summed E-state index contributed by atoms with van der Waals surface area (Å²) in [6.07, 6.45) is 1.16. The van der Waals surface area contributed by atoms with Gasteiger partial charge >= 0.3 is 5.97 Å². The summed E-state index contributed by atoms with van der Waals surface area (Å²) in [4.78, 5) is 16.5. The molecule has 4 rings (SSSR count). The number of carbonyl (C=O) groups is 1. The number of aromatic carboxylic acids is 1. The van der Waals surface area contributed by atoms with Gasteiger partial charge in [0.05, 0.1) is 38.3 Å². The van der Waals surface area contributed by atoms with Crippen molar-refractivity contribution in [1.82, 2.24) is 0 Å². The largest absolute Gasteiger partial charge is 0.493 e. The number of anilines is 2. The quantitative estimate of drug-likeness (QED) is 0.401. The molecule has 1 N–H and O–H groups in total. The van der Waals surface area contributed by atoms with Crippen LogP contribution in [-0.4, -0.2) is 38.9 Å². The number of para-hydroxylation sites is 1. The Labute approximate surface area is 202 Å². The summed E-state index contributed by atoms with van der Waals surface area (Å²) in [5.41, 5.74) is 2.87. The topological polar surface area (TPSA) is 68.2 Å². The van der Waals surface area contributed by atoms with E-state index in [4.69, 9.17) is 25.8 Å². The number of rotatable bonds is 8. The van der Waals surface area contributed by atoms with Crippen LogP contribution in [0.2, 0.25) is 5.02 Å². The summed E-state index contributed by atoms with van der Waals surface area (Å²) < 4.78 is 16.4. The third-order valence-electron chi connectivity index (χ3n) is 5.56. The van der Waals surface area contributed by atoms with Gasteiger partial charge in [-0.3, -0.25) is 0 Å². The number of hydrogen-bond donors (Lipinski definition) is 1. The molecule has 0 saturated carbocycles. The monoisotopic (exact) mass is 485 g/mol. The molecule has 1 heterocycles. The third-order valence-corrected chi connectivity index (χ3v) is 6.92. The van der Waals surface area contributed by atoms with E-state index >= 15 is 0 Å². The number of methoxy groups -OCH3 is 3. The molecule has 0 unspecified atom stereocenters. The lowest BCUT2D eigenvalue weighted by Crippen LogP contribution is -2.22. The van der Waals surface area contributed by atoms with Crippen LogP contribution in [-0.2, 0) is 6.42 Å². The molecule has 0 aliphatic carbocycles. The van der Waals surface area contributed by atoms with E-state index in [1.165, 1.54) is 32.3 Å². The molecule has 0 amide bonds. The maximum absolute atomic E-state index is 12.0. The fourth-order valence-electron chi connectivity index (χ4n) is 4.11. The molecule has 6 nitrogen and oxygen atoms in total. The van der Waals surface area contributed by atoms with Crippen LogP contribution in [0.4, 0.5) is 11.4 Å². The molecule has 0 bridgehead atoms. The first-order chi connectivity index (χ1) is 16.0. The van der Waals surface area contributed by atoms with Crippen LogP contribution in [0.15, 0.2) is 58.3 Å². The molecule has 0 aromatic heterocycles. The van der Waals surface area contributed by atoms with Gasteiger partial charge in [-0.15, -0.1) is 0 Å². The highest BCUT2D eigenvalue weighted by atomic mass is 35.5. The van der Waals surface area contributed by atoms with Crippen molar-refractivity contribution in [3.63, 3.8) is 0 Å². The minimum absolute atomic E-state index is 0.141. The SMILES string of the molecule is COc1cc(C(=O)O)c(CCCN2c3ccccc3Sc3ccc(Cl)cc32)c(OC)c1OC. The van der Waals surface area contributed by atoms with Crippen LogP contribution in [0.1, 0.15) is 22.3 Å². The predicted molar refractivity (Wildman–Crippen MR) is 130 cm³/mol. The maximum Gasteiger partial charge on any atom is 0.336 e. The number of hydrogen-bond acceptors (Lipinski definition) is 6. The Morgan fingerprint density at radius 2 is 1.70 bits per heavy atom. The van der Waals surface area contributed by atoms with E-state index in [9.17, 15) is 9.90 Å².